The van der Waals surface area contributed by atoms with Crippen molar-refractivity contribution in [3.8, 4) is 0 Å². The quantitative estimate of drug-likeness (QED) is 0.429. The summed E-state index contributed by atoms with van der Waals surface area (Å²) in [4.78, 5) is 26.1. The lowest BCUT2D eigenvalue weighted by molar-refractivity contribution is -0.203. The molecule has 0 saturated carbocycles. The average Bonchev–Trinajstić information content (AvgIpc) is 3.19. The van der Waals surface area contributed by atoms with Crippen molar-refractivity contribution < 1.29 is 37.0 Å². The number of likely N-dealkylation sites (tertiary alicyclic amines) is 1. The third-order valence-electron chi connectivity index (χ3n) is 6.80. The first-order valence-electron chi connectivity index (χ1n) is 11.5. The van der Waals surface area contributed by atoms with E-state index >= 15 is 0 Å². The summed E-state index contributed by atoms with van der Waals surface area (Å²) in [5.74, 6) is -4.63. The Balaban J connectivity index is 1.48. The maximum absolute atomic E-state index is 12.7. The van der Waals surface area contributed by atoms with E-state index in [1.807, 2.05) is 29.2 Å². The van der Waals surface area contributed by atoms with Crippen LogP contribution in [-0.2, 0) is 49.0 Å². The second kappa shape index (κ2) is 10.5. The third kappa shape index (κ3) is 5.74. The first kappa shape index (κ1) is 25.3. The molecule has 1 atom stereocenters. The van der Waals surface area contributed by atoms with Crippen LogP contribution in [-0.4, -0.2) is 49.8 Å². The SMILES string of the molecule is COCc1ccccc1CC(CN1CCC2(CC1)OCc1ccccc12)C(=O)OC(=O)C(F)(F)F. The fraction of sp³-hybridized carbons (Fsp3) is 0.462. The predicted molar refractivity (Wildman–Crippen MR) is 120 cm³/mol. The average molecular weight is 492 g/mol. The van der Waals surface area contributed by atoms with E-state index < -0.39 is 24.0 Å². The number of hydrogen-bond acceptors (Lipinski definition) is 6. The second-order valence-corrected chi connectivity index (χ2v) is 9.05. The van der Waals surface area contributed by atoms with E-state index in [0.717, 1.165) is 11.1 Å². The number of carbonyl (C=O) groups excluding carboxylic acids is 2. The lowest BCUT2D eigenvalue weighted by atomic mass is 9.83. The molecule has 0 radical (unpaired) electrons. The van der Waals surface area contributed by atoms with Crippen LogP contribution >= 0.6 is 0 Å². The van der Waals surface area contributed by atoms with Crippen LogP contribution in [0.3, 0.4) is 0 Å². The third-order valence-corrected chi connectivity index (χ3v) is 6.80. The number of nitrogens with zero attached hydrogens (tertiary/aromatic N) is 1. The summed E-state index contributed by atoms with van der Waals surface area (Å²) in [7, 11) is 1.54. The van der Waals surface area contributed by atoms with Crippen molar-refractivity contribution in [3.05, 3.63) is 70.8 Å². The Hall–Kier alpha value is -2.75. The zero-order chi connectivity index (χ0) is 25.1. The van der Waals surface area contributed by atoms with Crippen molar-refractivity contribution in [3.63, 3.8) is 0 Å². The van der Waals surface area contributed by atoms with Gasteiger partial charge in [-0.15, -0.1) is 0 Å². The first-order valence-corrected chi connectivity index (χ1v) is 11.5. The highest BCUT2D eigenvalue weighted by Crippen LogP contribution is 2.44. The number of halogens is 3. The van der Waals surface area contributed by atoms with Crippen LogP contribution in [0, 0.1) is 5.92 Å². The fourth-order valence-electron chi connectivity index (χ4n) is 4.98. The standard InChI is InChI=1S/C26H28F3NO5/c1-33-16-19-7-3-2-6-18(19)14-21(23(31)35-24(32)26(27,28)29)15-30-12-10-25(11-13-30)22-9-5-4-8-20(22)17-34-25/h2-9,21H,10-17H2,1H3. The molecule has 9 heteroatoms. The highest BCUT2D eigenvalue weighted by molar-refractivity contribution is 5.89. The first-order chi connectivity index (χ1) is 16.7. The number of fused-ring (bicyclic) bond motifs is 2. The van der Waals surface area contributed by atoms with Crippen molar-refractivity contribution in [2.75, 3.05) is 26.7 Å². The molecule has 6 nitrogen and oxygen atoms in total. The number of rotatable bonds is 7. The predicted octanol–water partition coefficient (Wildman–Crippen LogP) is 4.15. The normalized spacial score (nSPS) is 18.3. The van der Waals surface area contributed by atoms with Gasteiger partial charge >= 0.3 is 18.1 Å². The van der Waals surface area contributed by atoms with E-state index in [2.05, 4.69) is 16.9 Å². The van der Waals surface area contributed by atoms with E-state index in [4.69, 9.17) is 9.47 Å². The Morgan fingerprint density at radius 3 is 2.40 bits per heavy atom. The Bertz CT molecular complexity index is 1060. The molecule has 0 N–H and O–H groups in total. The highest BCUT2D eigenvalue weighted by atomic mass is 19.4. The molecule has 1 fully saturated rings. The van der Waals surface area contributed by atoms with Gasteiger partial charge in [-0.05, 0) is 41.5 Å². The molecule has 0 aromatic heterocycles. The summed E-state index contributed by atoms with van der Waals surface area (Å²) in [6.45, 7) is 2.22. The molecule has 1 saturated heterocycles. The zero-order valence-corrected chi connectivity index (χ0v) is 19.5. The van der Waals surface area contributed by atoms with Crippen LogP contribution in [0.2, 0.25) is 0 Å². The number of benzene rings is 2. The molecular formula is C26H28F3NO5. The molecule has 2 aliphatic heterocycles. The highest BCUT2D eigenvalue weighted by Gasteiger charge is 2.45. The summed E-state index contributed by atoms with van der Waals surface area (Å²) in [6, 6.07) is 15.3. The summed E-state index contributed by atoms with van der Waals surface area (Å²) < 4.78 is 53.9. The minimum Gasteiger partial charge on any atom is -0.386 e. The lowest BCUT2D eigenvalue weighted by Gasteiger charge is -2.40. The van der Waals surface area contributed by atoms with Crippen molar-refractivity contribution in [2.45, 2.75) is 44.3 Å². The summed E-state index contributed by atoms with van der Waals surface area (Å²) in [6.07, 6.45) is -3.70. The van der Waals surface area contributed by atoms with Crippen LogP contribution in [0.5, 0.6) is 0 Å². The maximum Gasteiger partial charge on any atom is 0.491 e. The number of ether oxygens (including phenoxy) is 3. The van der Waals surface area contributed by atoms with Crippen LogP contribution in [0.25, 0.3) is 0 Å². The lowest BCUT2D eigenvalue weighted by Crippen LogP contribution is -2.46. The second-order valence-electron chi connectivity index (χ2n) is 9.05. The van der Waals surface area contributed by atoms with Crippen LogP contribution in [0.4, 0.5) is 13.2 Å². The van der Waals surface area contributed by atoms with E-state index in [1.54, 1.807) is 12.1 Å². The number of hydrogen-bond donors (Lipinski definition) is 0. The van der Waals surface area contributed by atoms with Gasteiger partial charge in [0.15, 0.2) is 0 Å². The number of carbonyl (C=O) groups is 2. The number of piperidine rings is 1. The molecule has 1 spiro atoms. The number of esters is 2. The van der Waals surface area contributed by atoms with Crippen LogP contribution in [0.15, 0.2) is 48.5 Å². The van der Waals surface area contributed by atoms with Gasteiger partial charge in [0.2, 0.25) is 0 Å². The monoisotopic (exact) mass is 491 g/mol. The minimum absolute atomic E-state index is 0.129. The van der Waals surface area contributed by atoms with Gasteiger partial charge < -0.3 is 19.1 Å². The number of alkyl halides is 3. The van der Waals surface area contributed by atoms with Gasteiger partial charge in [0.25, 0.3) is 0 Å². The van der Waals surface area contributed by atoms with Gasteiger partial charge in [-0.25, -0.2) is 4.79 Å². The molecule has 188 valence electrons. The Kier molecular flexibility index (Phi) is 7.59. The topological polar surface area (TPSA) is 65.1 Å². The minimum atomic E-state index is -5.24. The van der Waals surface area contributed by atoms with Crippen molar-refractivity contribution in [1.29, 1.82) is 0 Å². The zero-order valence-electron chi connectivity index (χ0n) is 19.5. The Morgan fingerprint density at radius 2 is 1.71 bits per heavy atom. The van der Waals surface area contributed by atoms with Gasteiger partial charge in [-0.1, -0.05) is 48.5 Å². The van der Waals surface area contributed by atoms with E-state index in [0.29, 0.717) is 39.1 Å². The molecule has 1 unspecified atom stereocenters. The summed E-state index contributed by atoms with van der Waals surface area (Å²) in [5, 5.41) is 0. The molecule has 2 aromatic rings. The Morgan fingerprint density at radius 1 is 1.06 bits per heavy atom. The molecular weight excluding hydrogens is 463 g/mol. The van der Waals surface area contributed by atoms with E-state index in [1.165, 1.54) is 18.2 Å². The van der Waals surface area contributed by atoms with E-state index in [-0.39, 0.29) is 18.6 Å². The molecule has 2 heterocycles. The molecule has 2 aliphatic rings. The van der Waals surface area contributed by atoms with E-state index in [9.17, 15) is 22.8 Å². The largest absolute Gasteiger partial charge is 0.491 e. The molecule has 0 amide bonds. The van der Waals surface area contributed by atoms with Crippen molar-refractivity contribution in [1.82, 2.24) is 4.90 Å². The summed E-state index contributed by atoms with van der Waals surface area (Å²) in [5.41, 5.74) is 3.56. The fourth-order valence-corrected chi connectivity index (χ4v) is 4.98. The smallest absolute Gasteiger partial charge is 0.386 e. The van der Waals surface area contributed by atoms with Crippen molar-refractivity contribution in [2.24, 2.45) is 5.92 Å². The van der Waals surface area contributed by atoms with Crippen molar-refractivity contribution >= 4 is 11.9 Å². The number of methoxy groups -OCH3 is 1. The van der Waals surface area contributed by atoms with Crippen LogP contribution < -0.4 is 0 Å². The summed E-state index contributed by atoms with van der Waals surface area (Å²) >= 11 is 0. The molecule has 0 bridgehead atoms. The molecule has 35 heavy (non-hydrogen) atoms. The van der Waals surface area contributed by atoms with Gasteiger partial charge in [0.1, 0.15) is 0 Å². The van der Waals surface area contributed by atoms with Gasteiger partial charge in [-0.3, -0.25) is 4.79 Å². The molecule has 0 aliphatic carbocycles. The molecule has 2 aromatic carbocycles. The van der Waals surface area contributed by atoms with Gasteiger partial charge in [0.05, 0.1) is 24.7 Å². The Labute approximate surface area is 202 Å². The van der Waals surface area contributed by atoms with Crippen LogP contribution in [0.1, 0.15) is 35.1 Å². The van der Waals surface area contributed by atoms with Gasteiger partial charge in [0, 0.05) is 26.7 Å². The molecule has 4 rings (SSSR count). The maximum atomic E-state index is 12.7. The van der Waals surface area contributed by atoms with Gasteiger partial charge in [-0.2, -0.15) is 13.2 Å².